The molecule has 0 unspecified atom stereocenters. The van der Waals surface area contributed by atoms with Crippen LogP contribution in [-0.4, -0.2) is 43.6 Å². The molecule has 0 bridgehead atoms. The summed E-state index contributed by atoms with van der Waals surface area (Å²) in [7, 11) is 0. The zero-order valence-corrected chi connectivity index (χ0v) is 14.4. The molecule has 2 heterocycles. The first kappa shape index (κ1) is 17.2. The van der Waals surface area contributed by atoms with Gasteiger partial charge in [-0.05, 0) is 37.2 Å². The molecule has 0 spiro atoms. The Bertz CT molecular complexity index is 666. The van der Waals surface area contributed by atoms with E-state index in [1.807, 2.05) is 24.4 Å². The second kappa shape index (κ2) is 8.48. The first-order valence-corrected chi connectivity index (χ1v) is 8.77. The van der Waals surface area contributed by atoms with Crippen molar-refractivity contribution in [2.45, 2.75) is 12.8 Å². The summed E-state index contributed by atoms with van der Waals surface area (Å²) < 4.78 is 0. The van der Waals surface area contributed by atoms with Crippen molar-refractivity contribution in [3.05, 3.63) is 48.7 Å². The molecule has 1 aliphatic rings. The average molecular weight is 339 g/mol. The fraction of sp³-hybridized carbons (Fsp3) is 0.368. The SMILES string of the molecule is NCCCC(=O)Nc1ccc(N2CCN(c3ccccc3)CC2)cn1. The molecule has 6 heteroatoms. The van der Waals surface area contributed by atoms with Crippen LogP contribution >= 0.6 is 0 Å². The van der Waals surface area contributed by atoms with Crippen molar-refractivity contribution in [3.63, 3.8) is 0 Å². The van der Waals surface area contributed by atoms with E-state index in [4.69, 9.17) is 5.73 Å². The van der Waals surface area contributed by atoms with Crippen molar-refractivity contribution in [1.29, 1.82) is 0 Å². The lowest BCUT2D eigenvalue weighted by atomic mass is 10.2. The maximum atomic E-state index is 11.7. The van der Waals surface area contributed by atoms with Gasteiger partial charge in [-0.2, -0.15) is 0 Å². The number of hydrogen-bond acceptors (Lipinski definition) is 5. The highest BCUT2D eigenvalue weighted by Crippen LogP contribution is 2.20. The fourth-order valence-electron chi connectivity index (χ4n) is 2.98. The highest BCUT2D eigenvalue weighted by Gasteiger charge is 2.17. The second-order valence-electron chi connectivity index (χ2n) is 6.15. The van der Waals surface area contributed by atoms with Crippen LogP contribution in [0.3, 0.4) is 0 Å². The number of nitrogens with two attached hydrogens (primary N) is 1. The minimum Gasteiger partial charge on any atom is -0.368 e. The van der Waals surface area contributed by atoms with Crippen molar-refractivity contribution in [2.24, 2.45) is 5.73 Å². The number of nitrogens with zero attached hydrogens (tertiary/aromatic N) is 3. The number of carbonyl (C=O) groups excluding carboxylic acids is 1. The van der Waals surface area contributed by atoms with Crippen LogP contribution in [0.4, 0.5) is 17.2 Å². The van der Waals surface area contributed by atoms with Crippen molar-refractivity contribution in [3.8, 4) is 0 Å². The number of pyridine rings is 1. The Balaban J connectivity index is 1.52. The average Bonchev–Trinajstić information content (AvgIpc) is 2.68. The number of para-hydroxylation sites is 1. The van der Waals surface area contributed by atoms with Gasteiger partial charge in [0.25, 0.3) is 0 Å². The van der Waals surface area contributed by atoms with Crippen molar-refractivity contribution >= 4 is 23.1 Å². The van der Waals surface area contributed by atoms with Gasteiger partial charge in [-0.25, -0.2) is 4.98 Å². The quantitative estimate of drug-likeness (QED) is 0.843. The van der Waals surface area contributed by atoms with Gasteiger partial charge in [-0.1, -0.05) is 18.2 Å². The van der Waals surface area contributed by atoms with Crippen LogP contribution in [0.1, 0.15) is 12.8 Å². The number of anilines is 3. The summed E-state index contributed by atoms with van der Waals surface area (Å²) in [4.78, 5) is 20.8. The number of piperazine rings is 1. The largest absolute Gasteiger partial charge is 0.368 e. The van der Waals surface area contributed by atoms with Crippen LogP contribution in [0.5, 0.6) is 0 Å². The molecular weight excluding hydrogens is 314 g/mol. The summed E-state index contributed by atoms with van der Waals surface area (Å²) in [5.74, 6) is 0.552. The standard InChI is InChI=1S/C19H25N5O/c20-10-4-7-19(25)22-18-9-8-17(15-21-18)24-13-11-23(12-14-24)16-5-2-1-3-6-16/h1-3,5-6,8-9,15H,4,7,10-14,20H2,(H,21,22,25). The van der Waals surface area contributed by atoms with Gasteiger partial charge in [-0.15, -0.1) is 0 Å². The lowest BCUT2D eigenvalue weighted by Gasteiger charge is -2.37. The molecule has 0 atom stereocenters. The number of rotatable bonds is 6. The Morgan fingerprint density at radius 3 is 2.28 bits per heavy atom. The third-order valence-corrected chi connectivity index (χ3v) is 4.39. The van der Waals surface area contributed by atoms with Gasteiger partial charge >= 0.3 is 0 Å². The second-order valence-corrected chi connectivity index (χ2v) is 6.15. The summed E-state index contributed by atoms with van der Waals surface area (Å²) in [5, 5.41) is 2.80. The van der Waals surface area contributed by atoms with E-state index in [2.05, 4.69) is 44.4 Å². The fourth-order valence-corrected chi connectivity index (χ4v) is 2.98. The summed E-state index contributed by atoms with van der Waals surface area (Å²) >= 11 is 0. The minimum atomic E-state index is -0.0397. The molecule has 3 N–H and O–H groups in total. The summed E-state index contributed by atoms with van der Waals surface area (Å²) in [5.41, 5.74) is 7.78. The lowest BCUT2D eigenvalue weighted by Crippen LogP contribution is -2.46. The smallest absolute Gasteiger partial charge is 0.225 e. The molecule has 132 valence electrons. The number of aromatic nitrogens is 1. The molecule has 2 aromatic rings. The van der Waals surface area contributed by atoms with Crippen LogP contribution < -0.4 is 20.9 Å². The highest BCUT2D eigenvalue weighted by molar-refractivity contribution is 5.89. The monoisotopic (exact) mass is 339 g/mol. The van der Waals surface area contributed by atoms with Gasteiger partial charge in [0.15, 0.2) is 0 Å². The van der Waals surface area contributed by atoms with E-state index in [9.17, 15) is 4.79 Å². The first-order valence-electron chi connectivity index (χ1n) is 8.77. The van der Waals surface area contributed by atoms with Gasteiger partial charge in [0.2, 0.25) is 5.91 Å². The molecule has 0 aliphatic carbocycles. The van der Waals surface area contributed by atoms with E-state index < -0.39 is 0 Å². The third kappa shape index (κ3) is 4.70. The Morgan fingerprint density at radius 2 is 1.68 bits per heavy atom. The molecule has 0 saturated carbocycles. The Morgan fingerprint density at radius 1 is 1.00 bits per heavy atom. The van der Waals surface area contributed by atoms with Crippen LogP contribution in [0.25, 0.3) is 0 Å². The van der Waals surface area contributed by atoms with E-state index in [0.29, 0.717) is 25.2 Å². The molecule has 3 rings (SSSR count). The minimum absolute atomic E-state index is 0.0397. The van der Waals surface area contributed by atoms with E-state index >= 15 is 0 Å². The number of amides is 1. The van der Waals surface area contributed by atoms with Crippen molar-refractivity contribution in [2.75, 3.05) is 47.8 Å². The molecule has 1 fully saturated rings. The van der Waals surface area contributed by atoms with Crippen LogP contribution in [-0.2, 0) is 4.79 Å². The van der Waals surface area contributed by atoms with Gasteiger partial charge in [-0.3, -0.25) is 4.79 Å². The highest BCUT2D eigenvalue weighted by atomic mass is 16.1. The summed E-state index contributed by atoms with van der Waals surface area (Å²) in [6.07, 6.45) is 2.95. The first-order chi connectivity index (χ1) is 12.3. The molecule has 1 amide bonds. The Labute approximate surface area is 148 Å². The molecular formula is C19H25N5O. The zero-order valence-electron chi connectivity index (χ0n) is 14.4. The predicted molar refractivity (Wildman–Crippen MR) is 102 cm³/mol. The molecule has 1 aromatic carbocycles. The number of benzene rings is 1. The number of nitrogens with one attached hydrogen (secondary N) is 1. The summed E-state index contributed by atoms with van der Waals surface area (Å²) in [6.45, 7) is 4.41. The van der Waals surface area contributed by atoms with Gasteiger partial charge in [0, 0.05) is 38.3 Å². The summed E-state index contributed by atoms with van der Waals surface area (Å²) in [6, 6.07) is 14.4. The molecule has 0 radical (unpaired) electrons. The predicted octanol–water partition coefficient (Wildman–Crippen LogP) is 2.09. The van der Waals surface area contributed by atoms with Crippen molar-refractivity contribution < 1.29 is 4.79 Å². The number of hydrogen-bond donors (Lipinski definition) is 2. The maximum absolute atomic E-state index is 11.7. The molecule has 1 aliphatic heterocycles. The topological polar surface area (TPSA) is 74.5 Å². The van der Waals surface area contributed by atoms with E-state index in [-0.39, 0.29) is 5.91 Å². The maximum Gasteiger partial charge on any atom is 0.225 e. The van der Waals surface area contributed by atoms with Crippen molar-refractivity contribution in [1.82, 2.24) is 4.98 Å². The van der Waals surface area contributed by atoms with E-state index in [0.717, 1.165) is 31.9 Å². The molecule has 25 heavy (non-hydrogen) atoms. The Hall–Kier alpha value is -2.60. The van der Waals surface area contributed by atoms with E-state index in [1.165, 1.54) is 5.69 Å². The third-order valence-electron chi connectivity index (χ3n) is 4.39. The van der Waals surface area contributed by atoms with Crippen LogP contribution in [0.2, 0.25) is 0 Å². The Kier molecular flexibility index (Phi) is 5.85. The van der Waals surface area contributed by atoms with E-state index in [1.54, 1.807) is 0 Å². The normalized spacial score (nSPS) is 14.4. The lowest BCUT2D eigenvalue weighted by molar-refractivity contribution is -0.116. The number of carbonyl (C=O) groups is 1. The molecule has 6 nitrogen and oxygen atoms in total. The van der Waals surface area contributed by atoms with Gasteiger partial charge < -0.3 is 20.9 Å². The van der Waals surface area contributed by atoms with Crippen LogP contribution in [0, 0.1) is 0 Å². The zero-order chi connectivity index (χ0) is 17.5. The van der Waals surface area contributed by atoms with Crippen LogP contribution in [0.15, 0.2) is 48.7 Å². The molecule has 1 aromatic heterocycles. The van der Waals surface area contributed by atoms with Gasteiger partial charge in [0.1, 0.15) is 5.82 Å². The molecule has 1 saturated heterocycles. The van der Waals surface area contributed by atoms with Gasteiger partial charge in [0.05, 0.1) is 11.9 Å².